The SMILES string of the molecule is CCCCN1C(=CC(=Cc2sc3ccccc3[n+]2CCCC)CC)Sc2ccccc21. The zero-order valence-electron chi connectivity index (χ0n) is 18.9. The van der Waals surface area contributed by atoms with E-state index in [0.29, 0.717) is 0 Å². The number of aromatic nitrogens is 1. The lowest BCUT2D eigenvalue weighted by atomic mass is 10.2. The number of fused-ring (bicyclic) bond motifs is 2. The van der Waals surface area contributed by atoms with Crippen molar-refractivity contribution in [2.45, 2.75) is 64.3 Å². The Balaban J connectivity index is 1.71. The highest BCUT2D eigenvalue weighted by Crippen LogP contribution is 2.46. The molecule has 0 amide bonds. The van der Waals surface area contributed by atoms with Crippen LogP contribution in [0.1, 0.15) is 57.9 Å². The van der Waals surface area contributed by atoms with Crippen molar-refractivity contribution in [1.29, 1.82) is 0 Å². The van der Waals surface area contributed by atoms with E-state index in [-0.39, 0.29) is 0 Å². The van der Waals surface area contributed by atoms with Gasteiger partial charge < -0.3 is 4.90 Å². The second-order valence-corrected chi connectivity index (χ2v) is 10.2. The molecule has 4 heteroatoms. The van der Waals surface area contributed by atoms with E-state index in [4.69, 9.17) is 0 Å². The van der Waals surface area contributed by atoms with E-state index in [1.54, 1.807) is 0 Å². The number of hydrogen-bond donors (Lipinski definition) is 0. The lowest BCUT2D eigenvalue weighted by Crippen LogP contribution is -2.35. The number of hydrogen-bond acceptors (Lipinski definition) is 3. The predicted octanol–water partition coefficient (Wildman–Crippen LogP) is 8.04. The molecular weight excluding hydrogens is 416 g/mol. The maximum atomic E-state index is 2.52. The number of para-hydroxylation sites is 2. The van der Waals surface area contributed by atoms with Crippen molar-refractivity contribution in [3.63, 3.8) is 0 Å². The minimum atomic E-state index is 1.03. The van der Waals surface area contributed by atoms with Crippen molar-refractivity contribution in [3.05, 3.63) is 70.2 Å². The van der Waals surface area contributed by atoms with Crippen LogP contribution in [0.5, 0.6) is 0 Å². The van der Waals surface area contributed by atoms with Crippen molar-refractivity contribution < 1.29 is 4.57 Å². The summed E-state index contributed by atoms with van der Waals surface area (Å²) in [4.78, 5) is 3.89. The van der Waals surface area contributed by atoms with Gasteiger partial charge in [0.05, 0.1) is 10.7 Å². The summed E-state index contributed by atoms with van der Waals surface area (Å²) in [6.45, 7) is 8.99. The van der Waals surface area contributed by atoms with Gasteiger partial charge in [-0.1, -0.05) is 81.0 Å². The molecule has 2 heterocycles. The summed E-state index contributed by atoms with van der Waals surface area (Å²) >= 11 is 3.83. The van der Waals surface area contributed by atoms with Gasteiger partial charge >= 0.3 is 0 Å². The van der Waals surface area contributed by atoms with Gasteiger partial charge in [-0.3, -0.25) is 0 Å². The molecule has 0 unspecified atom stereocenters. The van der Waals surface area contributed by atoms with E-state index in [0.717, 1.165) is 19.5 Å². The van der Waals surface area contributed by atoms with Gasteiger partial charge in [-0.05, 0) is 42.7 Å². The summed E-state index contributed by atoms with van der Waals surface area (Å²) in [5.41, 5.74) is 4.12. The first-order valence-corrected chi connectivity index (χ1v) is 13.3. The van der Waals surface area contributed by atoms with Crippen LogP contribution in [0.15, 0.2) is 70.1 Å². The largest absolute Gasteiger partial charge is 0.335 e. The van der Waals surface area contributed by atoms with E-state index in [1.807, 2.05) is 23.1 Å². The fourth-order valence-electron chi connectivity index (χ4n) is 3.98. The number of aryl methyl sites for hydroxylation is 1. The second kappa shape index (κ2) is 10.5. The molecule has 4 rings (SSSR count). The van der Waals surface area contributed by atoms with Gasteiger partial charge in [0.2, 0.25) is 5.52 Å². The summed E-state index contributed by atoms with van der Waals surface area (Å²) in [6.07, 6.45) is 10.7. The average molecular weight is 450 g/mol. The van der Waals surface area contributed by atoms with E-state index in [2.05, 4.69) is 90.9 Å². The molecule has 1 aliphatic rings. The molecule has 2 nitrogen and oxygen atoms in total. The van der Waals surface area contributed by atoms with Crippen LogP contribution in [0.3, 0.4) is 0 Å². The lowest BCUT2D eigenvalue weighted by molar-refractivity contribution is -0.669. The molecule has 0 N–H and O–H groups in total. The molecule has 0 saturated carbocycles. The molecule has 1 aliphatic heterocycles. The Labute approximate surface area is 195 Å². The molecule has 0 saturated heterocycles. The van der Waals surface area contributed by atoms with Gasteiger partial charge in [0.15, 0.2) is 6.54 Å². The van der Waals surface area contributed by atoms with Crippen LogP contribution >= 0.6 is 23.1 Å². The van der Waals surface area contributed by atoms with Gasteiger partial charge in [-0.25, -0.2) is 0 Å². The summed E-state index contributed by atoms with van der Waals surface area (Å²) in [5, 5.41) is 2.73. The maximum Gasteiger partial charge on any atom is 0.263 e. The fourth-order valence-corrected chi connectivity index (χ4v) is 6.31. The van der Waals surface area contributed by atoms with Gasteiger partial charge in [0, 0.05) is 30.0 Å². The van der Waals surface area contributed by atoms with Gasteiger partial charge in [0.1, 0.15) is 4.70 Å². The third-order valence-electron chi connectivity index (χ3n) is 5.77. The second-order valence-electron chi connectivity index (χ2n) is 8.04. The average Bonchev–Trinajstić information content (AvgIpc) is 3.32. The molecule has 0 bridgehead atoms. The minimum Gasteiger partial charge on any atom is -0.335 e. The zero-order valence-corrected chi connectivity index (χ0v) is 20.6. The van der Waals surface area contributed by atoms with Crippen LogP contribution in [0.2, 0.25) is 0 Å². The first-order valence-electron chi connectivity index (χ1n) is 11.6. The number of allylic oxidation sites excluding steroid dienone is 2. The van der Waals surface area contributed by atoms with Gasteiger partial charge in [0.25, 0.3) is 5.01 Å². The Morgan fingerprint density at radius 1 is 0.968 bits per heavy atom. The van der Waals surface area contributed by atoms with Crippen LogP contribution in [0.4, 0.5) is 5.69 Å². The minimum absolute atomic E-state index is 1.03. The molecule has 0 atom stereocenters. The molecule has 31 heavy (non-hydrogen) atoms. The number of rotatable bonds is 9. The molecule has 3 aromatic rings. The Morgan fingerprint density at radius 2 is 1.74 bits per heavy atom. The Morgan fingerprint density at radius 3 is 2.55 bits per heavy atom. The molecule has 2 aromatic carbocycles. The van der Waals surface area contributed by atoms with Crippen molar-refractivity contribution in [1.82, 2.24) is 0 Å². The first kappa shape index (κ1) is 22.2. The smallest absolute Gasteiger partial charge is 0.263 e. The normalized spacial score (nSPS) is 15.3. The van der Waals surface area contributed by atoms with Crippen LogP contribution in [0, 0.1) is 0 Å². The van der Waals surface area contributed by atoms with E-state index in [1.165, 1.54) is 62.1 Å². The van der Waals surface area contributed by atoms with E-state index >= 15 is 0 Å². The number of anilines is 1. The molecule has 162 valence electrons. The Hall–Kier alpha value is -2.04. The standard InChI is InChI=1S/C27H33N2S2/c1-4-7-17-28-22-13-9-11-15-24(22)30-26(28)19-21(6-3)20-27-29(18-8-5-2)23-14-10-12-16-25(23)31-27/h9-16,19-20H,4-8,17-18H2,1-3H3/q+1. The highest BCUT2D eigenvalue weighted by molar-refractivity contribution is 8.03. The summed E-state index contributed by atoms with van der Waals surface area (Å²) in [5.74, 6) is 0. The van der Waals surface area contributed by atoms with E-state index in [9.17, 15) is 0 Å². The number of thioether (sulfide) groups is 1. The van der Waals surface area contributed by atoms with Crippen molar-refractivity contribution in [2.75, 3.05) is 11.4 Å². The van der Waals surface area contributed by atoms with Crippen LogP contribution in [0.25, 0.3) is 16.3 Å². The van der Waals surface area contributed by atoms with Crippen LogP contribution in [-0.2, 0) is 6.54 Å². The highest BCUT2D eigenvalue weighted by atomic mass is 32.2. The first-order chi connectivity index (χ1) is 15.2. The number of benzene rings is 2. The molecule has 0 aliphatic carbocycles. The molecular formula is C27H33N2S2+. The topological polar surface area (TPSA) is 7.12 Å². The quantitative estimate of drug-likeness (QED) is 0.305. The predicted molar refractivity (Wildman–Crippen MR) is 138 cm³/mol. The third kappa shape index (κ3) is 4.91. The molecule has 1 aromatic heterocycles. The van der Waals surface area contributed by atoms with Gasteiger partial charge in [-0.15, -0.1) is 0 Å². The molecule has 0 spiro atoms. The van der Waals surface area contributed by atoms with Crippen molar-refractivity contribution >= 4 is 45.1 Å². The number of nitrogens with zero attached hydrogens (tertiary/aromatic N) is 2. The summed E-state index contributed by atoms with van der Waals surface area (Å²) < 4.78 is 3.89. The Bertz CT molecular complexity index is 1090. The number of unbranched alkanes of at least 4 members (excludes halogenated alkanes) is 2. The van der Waals surface area contributed by atoms with Crippen LogP contribution < -0.4 is 9.47 Å². The van der Waals surface area contributed by atoms with E-state index < -0.39 is 0 Å². The Kier molecular flexibility index (Phi) is 7.52. The van der Waals surface area contributed by atoms with Crippen molar-refractivity contribution in [3.8, 4) is 0 Å². The number of thiazole rings is 1. The lowest BCUT2D eigenvalue weighted by Gasteiger charge is -2.20. The zero-order chi connectivity index (χ0) is 21.6. The monoisotopic (exact) mass is 449 g/mol. The summed E-state index contributed by atoms with van der Waals surface area (Å²) in [6, 6.07) is 17.6. The summed E-state index contributed by atoms with van der Waals surface area (Å²) in [7, 11) is 0. The molecule has 0 fully saturated rings. The fraction of sp³-hybridized carbons (Fsp3) is 0.370. The van der Waals surface area contributed by atoms with Crippen LogP contribution in [-0.4, -0.2) is 6.54 Å². The van der Waals surface area contributed by atoms with Gasteiger partial charge in [-0.2, -0.15) is 4.57 Å². The molecule has 0 radical (unpaired) electrons. The maximum absolute atomic E-state index is 2.52. The highest BCUT2D eigenvalue weighted by Gasteiger charge is 2.25. The van der Waals surface area contributed by atoms with Crippen molar-refractivity contribution in [2.24, 2.45) is 0 Å². The third-order valence-corrected chi connectivity index (χ3v) is 7.99.